The Labute approximate surface area is 192 Å². The molecule has 1 N–H and O–H groups in total. The van der Waals surface area contributed by atoms with Crippen LogP contribution in [0.3, 0.4) is 0 Å². The van der Waals surface area contributed by atoms with Crippen LogP contribution in [0.1, 0.15) is 30.1 Å². The summed E-state index contributed by atoms with van der Waals surface area (Å²) >= 11 is 0. The van der Waals surface area contributed by atoms with Crippen molar-refractivity contribution in [3.63, 3.8) is 0 Å². The van der Waals surface area contributed by atoms with E-state index in [0.29, 0.717) is 24.2 Å². The monoisotopic (exact) mass is 470 g/mol. The summed E-state index contributed by atoms with van der Waals surface area (Å²) in [7, 11) is 0. The first kappa shape index (κ1) is 21.9. The Kier molecular flexibility index (Phi) is 5.68. The summed E-state index contributed by atoms with van der Waals surface area (Å²) in [5, 5.41) is 11.0. The Morgan fingerprint density at radius 3 is 2.71 bits per heavy atom. The number of nitrogens with zero attached hydrogens (tertiary/aromatic N) is 5. The van der Waals surface area contributed by atoms with Crippen molar-refractivity contribution in [1.82, 2.24) is 24.9 Å². The van der Waals surface area contributed by atoms with Gasteiger partial charge in [0, 0.05) is 25.2 Å². The van der Waals surface area contributed by atoms with Crippen LogP contribution in [0.25, 0.3) is 16.8 Å². The van der Waals surface area contributed by atoms with Crippen LogP contribution in [0.5, 0.6) is 0 Å². The molecule has 176 valence electrons. The van der Waals surface area contributed by atoms with Crippen molar-refractivity contribution >= 4 is 23.0 Å². The minimum absolute atomic E-state index is 0.0356. The maximum absolute atomic E-state index is 14.1. The van der Waals surface area contributed by atoms with E-state index in [0.717, 1.165) is 29.8 Å². The van der Waals surface area contributed by atoms with E-state index < -0.39 is 23.4 Å². The maximum atomic E-state index is 14.1. The van der Waals surface area contributed by atoms with Gasteiger partial charge < -0.3 is 14.6 Å². The number of hydrogen-bond donors (Lipinski definition) is 1. The second-order valence-corrected chi connectivity index (χ2v) is 8.30. The Morgan fingerprint density at radius 2 is 1.91 bits per heavy atom. The zero-order chi connectivity index (χ0) is 23.8. The van der Waals surface area contributed by atoms with E-state index >= 15 is 0 Å². The van der Waals surface area contributed by atoms with E-state index in [4.69, 9.17) is 4.42 Å². The predicted octanol–water partition coefficient (Wildman–Crippen LogP) is 4.18. The molecule has 1 fully saturated rings. The van der Waals surface area contributed by atoms with Crippen molar-refractivity contribution in [2.75, 3.05) is 18.4 Å². The SMILES string of the molecule is C[C@@H]1CCCN(C(=O)c2cc(F)c(F)cc2-n2nccn2)[C@@H]1CNc1nc2cc(F)ccc2o1. The summed E-state index contributed by atoms with van der Waals surface area (Å²) in [6.07, 6.45) is 4.43. The molecule has 8 nitrogen and oxygen atoms in total. The molecule has 0 unspecified atom stereocenters. The summed E-state index contributed by atoms with van der Waals surface area (Å²) in [6.45, 7) is 2.77. The molecule has 5 rings (SSSR count). The summed E-state index contributed by atoms with van der Waals surface area (Å²) in [6, 6.07) is 5.79. The van der Waals surface area contributed by atoms with E-state index in [-0.39, 0.29) is 29.2 Å². The number of aromatic nitrogens is 4. The number of oxazole rings is 1. The first-order chi connectivity index (χ1) is 16.4. The van der Waals surface area contributed by atoms with Gasteiger partial charge in [-0.05, 0) is 37.0 Å². The summed E-state index contributed by atoms with van der Waals surface area (Å²) in [4.78, 5) is 20.6. The predicted molar refractivity (Wildman–Crippen MR) is 117 cm³/mol. The minimum atomic E-state index is -1.13. The number of benzene rings is 2. The van der Waals surface area contributed by atoms with Gasteiger partial charge in [0.05, 0.1) is 24.0 Å². The van der Waals surface area contributed by atoms with Gasteiger partial charge in [0.2, 0.25) is 0 Å². The standard InChI is InChI=1S/C23H21F3N6O2/c1-13-3-2-8-31(20(13)12-27-23-30-18-9-14(24)4-5-21(18)34-23)22(33)15-10-16(25)17(26)11-19(15)32-28-6-7-29-32/h4-7,9-11,13,20H,2-3,8,12H2,1H3,(H,27,30)/t13-,20-/m1/s1. The zero-order valence-corrected chi connectivity index (χ0v) is 18.2. The molecular weight excluding hydrogens is 449 g/mol. The number of hydrogen-bond acceptors (Lipinski definition) is 6. The number of halogens is 3. The van der Waals surface area contributed by atoms with Gasteiger partial charge in [0.15, 0.2) is 17.2 Å². The molecule has 1 amide bonds. The normalized spacial score (nSPS) is 18.4. The molecule has 0 saturated carbocycles. The second-order valence-electron chi connectivity index (χ2n) is 8.30. The van der Waals surface area contributed by atoms with E-state index in [1.165, 1.54) is 30.6 Å². The highest BCUT2D eigenvalue weighted by molar-refractivity contribution is 5.98. The van der Waals surface area contributed by atoms with Crippen molar-refractivity contribution < 1.29 is 22.4 Å². The van der Waals surface area contributed by atoms with Crippen molar-refractivity contribution in [1.29, 1.82) is 0 Å². The van der Waals surface area contributed by atoms with Gasteiger partial charge in [-0.2, -0.15) is 20.0 Å². The van der Waals surface area contributed by atoms with E-state index in [9.17, 15) is 18.0 Å². The van der Waals surface area contributed by atoms with Crippen molar-refractivity contribution in [3.05, 3.63) is 65.7 Å². The number of likely N-dealkylation sites (tertiary alicyclic amines) is 1. The molecule has 0 bridgehead atoms. The topological polar surface area (TPSA) is 89.1 Å². The Hall–Kier alpha value is -3.89. The summed E-state index contributed by atoms with van der Waals surface area (Å²) in [5.74, 6) is -2.98. The summed E-state index contributed by atoms with van der Waals surface area (Å²) in [5.41, 5.74) is 0.836. The molecule has 0 aliphatic carbocycles. The molecule has 34 heavy (non-hydrogen) atoms. The van der Waals surface area contributed by atoms with Crippen LogP contribution < -0.4 is 5.32 Å². The number of piperidine rings is 1. The lowest BCUT2D eigenvalue weighted by Crippen LogP contribution is -2.51. The second kappa shape index (κ2) is 8.81. The Bertz CT molecular complexity index is 1340. The number of nitrogens with one attached hydrogen (secondary N) is 1. The number of amides is 1. The number of carbonyl (C=O) groups excluding carboxylic acids is 1. The van der Waals surface area contributed by atoms with Gasteiger partial charge in [-0.15, -0.1) is 0 Å². The number of anilines is 1. The number of fused-ring (bicyclic) bond motifs is 1. The van der Waals surface area contributed by atoms with E-state index in [1.54, 1.807) is 4.90 Å². The molecule has 2 aromatic carbocycles. The zero-order valence-electron chi connectivity index (χ0n) is 18.2. The molecule has 2 atom stereocenters. The number of carbonyl (C=O) groups is 1. The molecule has 3 heterocycles. The fraction of sp³-hybridized carbons (Fsp3) is 0.304. The molecule has 11 heteroatoms. The average Bonchev–Trinajstić information content (AvgIpc) is 3.49. The lowest BCUT2D eigenvalue weighted by Gasteiger charge is -2.40. The molecule has 1 saturated heterocycles. The maximum Gasteiger partial charge on any atom is 0.295 e. The summed E-state index contributed by atoms with van der Waals surface area (Å²) < 4.78 is 47.2. The first-order valence-electron chi connectivity index (χ1n) is 10.9. The van der Waals surface area contributed by atoms with Crippen LogP contribution in [0.2, 0.25) is 0 Å². The lowest BCUT2D eigenvalue weighted by molar-refractivity contribution is 0.0538. The quantitative estimate of drug-likeness (QED) is 0.471. The molecule has 1 aliphatic heterocycles. The van der Waals surface area contributed by atoms with Crippen LogP contribution in [0, 0.1) is 23.4 Å². The third-order valence-electron chi connectivity index (χ3n) is 6.09. The third-order valence-corrected chi connectivity index (χ3v) is 6.09. The third kappa shape index (κ3) is 4.09. The highest BCUT2D eigenvalue weighted by Gasteiger charge is 2.34. The molecule has 0 radical (unpaired) electrons. The van der Waals surface area contributed by atoms with Gasteiger partial charge in [-0.25, -0.2) is 13.2 Å². The highest BCUT2D eigenvalue weighted by Crippen LogP contribution is 2.28. The van der Waals surface area contributed by atoms with Crippen LogP contribution in [0.15, 0.2) is 47.1 Å². The van der Waals surface area contributed by atoms with Gasteiger partial charge in [-0.1, -0.05) is 6.92 Å². The van der Waals surface area contributed by atoms with E-state index in [1.807, 2.05) is 6.92 Å². The highest BCUT2D eigenvalue weighted by atomic mass is 19.2. The van der Waals surface area contributed by atoms with Crippen molar-refractivity contribution in [2.45, 2.75) is 25.8 Å². The number of rotatable bonds is 5. The smallest absolute Gasteiger partial charge is 0.295 e. The van der Waals surface area contributed by atoms with Gasteiger partial charge in [0.1, 0.15) is 17.0 Å². The average molecular weight is 470 g/mol. The van der Waals surface area contributed by atoms with Gasteiger partial charge in [0.25, 0.3) is 11.9 Å². The Morgan fingerprint density at radius 1 is 1.15 bits per heavy atom. The minimum Gasteiger partial charge on any atom is -0.424 e. The first-order valence-corrected chi connectivity index (χ1v) is 10.9. The van der Waals surface area contributed by atoms with Crippen LogP contribution in [0.4, 0.5) is 19.2 Å². The molecular formula is C23H21F3N6O2. The molecule has 2 aromatic heterocycles. The Balaban J connectivity index is 1.42. The van der Waals surface area contributed by atoms with Crippen LogP contribution >= 0.6 is 0 Å². The molecule has 1 aliphatic rings. The lowest BCUT2D eigenvalue weighted by atomic mass is 9.90. The van der Waals surface area contributed by atoms with Crippen molar-refractivity contribution in [3.8, 4) is 5.69 Å². The van der Waals surface area contributed by atoms with Gasteiger partial charge in [-0.3, -0.25) is 4.79 Å². The van der Waals surface area contributed by atoms with Gasteiger partial charge >= 0.3 is 0 Å². The van der Waals surface area contributed by atoms with Crippen molar-refractivity contribution in [2.24, 2.45) is 5.92 Å². The fourth-order valence-electron chi connectivity index (χ4n) is 4.35. The van der Waals surface area contributed by atoms with Crippen LogP contribution in [-0.2, 0) is 0 Å². The fourth-order valence-corrected chi connectivity index (χ4v) is 4.35. The van der Waals surface area contributed by atoms with E-state index in [2.05, 4.69) is 20.5 Å². The molecule has 0 spiro atoms. The van der Waals surface area contributed by atoms with Crippen LogP contribution in [-0.4, -0.2) is 49.9 Å². The largest absolute Gasteiger partial charge is 0.424 e. The molecule has 4 aromatic rings.